The smallest absolute Gasteiger partial charge is 0.160 e. The lowest BCUT2D eigenvalue weighted by atomic mass is 9.85. The quantitative estimate of drug-likeness (QED) is 0.640. The van der Waals surface area contributed by atoms with E-state index in [1.807, 2.05) is 30.3 Å². The molecule has 0 unspecified atom stereocenters. The number of fused-ring (bicyclic) bond motifs is 2. The molecule has 4 rings (SSSR count). The van der Waals surface area contributed by atoms with Crippen LogP contribution in [-0.4, -0.2) is 5.78 Å². The molecule has 0 saturated heterocycles. The Balaban J connectivity index is 2.02. The van der Waals surface area contributed by atoms with Crippen LogP contribution in [0.4, 0.5) is 0 Å². The normalized spacial score (nSPS) is 13.9. The van der Waals surface area contributed by atoms with E-state index >= 15 is 0 Å². The molecule has 1 heteroatoms. The van der Waals surface area contributed by atoms with E-state index in [9.17, 15) is 4.79 Å². The van der Waals surface area contributed by atoms with Crippen molar-refractivity contribution in [1.29, 1.82) is 0 Å². The van der Waals surface area contributed by atoms with Crippen molar-refractivity contribution in [3.63, 3.8) is 0 Å². The predicted octanol–water partition coefficient (Wildman–Crippen LogP) is 4.40. The molecular formula is C20H14O. The lowest BCUT2D eigenvalue weighted by molar-refractivity contribution is -0.114. The Morgan fingerprint density at radius 3 is 2.38 bits per heavy atom. The van der Waals surface area contributed by atoms with Gasteiger partial charge in [-0.25, -0.2) is 0 Å². The monoisotopic (exact) mass is 270 g/mol. The summed E-state index contributed by atoms with van der Waals surface area (Å²) in [7, 11) is 0. The number of benzene rings is 3. The minimum Gasteiger partial charge on any atom is -0.294 e. The van der Waals surface area contributed by atoms with Crippen molar-refractivity contribution < 1.29 is 4.79 Å². The number of hydrogen-bond acceptors (Lipinski definition) is 1. The molecule has 0 N–H and O–H groups in total. The molecule has 21 heavy (non-hydrogen) atoms. The molecule has 100 valence electrons. The van der Waals surface area contributed by atoms with Gasteiger partial charge in [-0.2, -0.15) is 0 Å². The highest BCUT2D eigenvalue weighted by molar-refractivity contribution is 6.09. The van der Waals surface area contributed by atoms with E-state index in [-0.39, 0.29) is 5.78 Å². The predicted molar refractivity (Wildman–Crippen MR) is 86.2 cm³/mol. The molecule has 1 nitrogen and oxygen atoms in total. The lowest BCUT2D eigenvalue weighted by Crippen LogP contribution is -2.09. The molecular weight excluding hydrogens is 256 g/mol. The van der Waals surface area contributed by atoms with Gasteiger partial charge in [-0.1, -0.05) is 66.7 Å². The Labute approximate surface area is 123 Å². The van der Waals surface area contributed by atoms with Crippen LogP contribution in [0.5, 0.6) is 0 Å². The lowest BCUT2D eigenvalue weighted by Gasteiger charge is -2.18. The second kappa shape index (κ2) is 4.71. The fraction of sp³-hybridized carbons (Fsp3) is 0.0500. The minimum absolute atomic E-state index is 0.177. The van der Waals surface area contributed by atoms with Crippen molar-refractivity contribution in [1.82, 2.24) is 0 Å². The summed E-state index contributed by atoms with van der Waals surface area (Å²) in [5.41, 5.74) is 4.47. The van der Waals surface area contributed by atoms with E-state index in [1.165, 1.54) is 16.3 Å². The van der Waals surface area contributed by atoms with Crippen molar-refractivity contribution in [2.24, 2.45) is 0 Å². The first kappa shape index (κ1) is 12.1. The molecule has 0 radical (unpaired) electrons. The maximum Gasteiger partial charge on any atom is 0.160 e. The third kappa shape index (κ3) is 1.98. The zero-order valence-corrected chi connectivity index (χ0v) is 11.5. The highest BCUT2D eigenvalue weighted by Crippen LogP contribution is 2.34. The van der Waals surface area contributed by atoms with Crippen LogP contribution in [0.3, 0.4) is 0 Å². The summed E-state index contributed by atoms with van der Waals surface area (Å²) in [6.07, 6.45) is 2.30. The third-order valence-corrected chi connectivity index (χ3v) is 4.06. The van der Waals surface area contributed by atoms with Crippen LogP contribution >= 0.6 is 0 Å². The number of carbonyl (C=O) groups is 1. The van der Waals surface area contributed by atoms with Crippen LogP contribution in [-0.2, 0) is 11.2 Å². The fourth-order valence-electron chi connectivity index (χ4n) is 3.10. The zero-order chi connectivity index (χ0) is 14.2. The first-order chi connectivity index (χ1) is 10.3. The average Bonchev–Trinajstić information content (AvgIpc) is 2.53. The van der Waals surface area contributed by atoms with Crippen LogP contribution in [0, 0.1) is 0 Å². The van der Waals surface area contributed by atoms with Gasteiger partial charge in [0.05, 0.1) is 0 Å². The molecule has 3 aromatic rings. The van der Waals surface area contributed by atoms with Gasteiger partial charge in [0, 0.05) is 6.42 Å². The molecule has 0 atom stereocenters. The summed E-state index contributed by atoms with van der Waals surface area (Å²) in [6.45, 7) is 0. The Morgan fingerprint density at radius 2 is 1.43 bits per heavy atom. The van der Waals surface area contributed by atoms with Crippen molar-refractivity contribution in [3.05, 3.63) is 89.5 Å². The topological polar surface area (TPSA) is 17.1 Å². The number of rotatable bonds is 1. The second-order valence-electron chi connectivity index (χ2n) is 5.38. The van der Waals surface area contributed by atoms with Crippen molar-refractivity contribution >= 4 is 22.1 Å². The summed E-state index contributed by atoms with van der Waals surface area (Å²) < 4.78 is 0. The van der Waals surface area contributed by atoms with E-state index in [0.717, 1.165) is 16.7 Å². The molecule has 1 aliphatic carbocycles. The number of hydrogen-bond donors (Lipinski definition) is 0. The van der Waals surface area contributed by atoms with Crippen LogP contribution < -0.4 is 0 Å². The zero-order valence-electron chi connectivity index (χ0n) is 11.5. The first-order valence-corrected chi connectivity index (χ1v) is 7.14. The molecule has 1 aliphatic rings. The van der Waals surface area contributed by atoms with Crippen LogP contribution in [0.15, 0.2) is 72.8 Å². The molecule has 0 aromatic heterocycles. The van der Waals surface area contributed by atoms with E-state index in [0.29, 0.717) is 6.42 Å². The molecule has 0 bridgehead atoms. The summed E-state index contributed by atoms with van der Waals surface area (Å²) in [5.74, 6) is 0.177. The molecule has 0 fully saturated rings. The Bertz CT molecular complexity index is 882. The SMILES string of the molecule is O=C1C=C(c2cccc3ccccc23)c2ccccc2C1. The van der Waals surface area contributed by atoms with Crippen molar-refractivity contribution in [3.8, 4) is 0 Å². The summed E-state index contributed by atoms with van der Waals surface area (Å²) in [5, 5.41) is 2.39. The van der Waals surface area contributed by atoms with E-state index in [2.05, 4.69) is 36.4 Å². The first-order valence-electron chi connectivity index (χ1n) is 7.14. The van der Waals surface area contributed by atoms with Gasteiger partial charge in [-0.3, -0.25) is 4.79 Å². The van der Waals surface area contributed by atoms with Gasteiger partial charge < -0.3 is 0 Å². The van der Waals surface area contributed by atoms with Gasteiger partial charge in [-0.05, 0) is 39.1 Å². The molecule has 0 aliphatic heterocycles. The maximum absolute atomic E-state index is 12.1. The van der Waals surface area contributed by atoms with Gasteiger partial charge in [0.1, 0.15) is 0 Å². The largest absolute Gasteiger partial charge is 0.294 e. The second-order valence-corrected chi connectivity index (χ2v) is 5.38. The van der Waals surface area contributed by atoms with E-state index in [4.69, 9.17) is 0 Å². The number of carbonyl (C=O) groups excluding carboxylic acids is 1. The van der Waals surface area contributed by atoms with Crippen molar-refractivity contribution in [2.45, 2.75) is 6.42 Å². The van der Waals surface area contributed by atoms with Crippen molar-refractivity contribution in [2.75, 3.05) is 0 Å². The van der Waals surface area contributed by atoms with Gasteiger partial charge in [0.15, 0.2) is 5.78 Å². The highest BCUT2D eigenvalue weighted by atomic mass is 16.1. The maximum atomic E-state index is 12.1. The molecule has 0 heterocycles. The Kier molecular flexibility index (Phi) is 2.71. The average molecular weight is 270 g/mol. The third-order valence-electron chi connectivity index (χ3n) is 4.06. The standard InChI is InChI=1S/C20H14O/c21-16-12-15-7-2-4-10-18(15)20(13-16)19-11-5-8-14-6-1-3-9-17(14)19/h1-11,13H,12H2. The highest BCUT2D eigenvalue weighted by Gasteiger charge is 2.19. The summed E-state index contributed by atoms with van der Waals surface area (Å²) >= 11 is 0. The van der Waals surface area contributed by atoms with Gasteiger partial charge in [-0.15, -0.1) is 0 Å². The molecule has 0 saturated carbocycles. The fourth-order valence-corrected chi connectivity index (χ4v) is 3.10. The van der Waals surface area contributed by atoms with Gasteiger partial charge in [0.25, 0.3) is 0 Å². The van der Waals surface area contributed by atoms with Gasteiger partial charge in [0.2, 0.25) is 0 Å². The van der Waals surface area contributed by atoms with E-state index in [1.54, 1.807) is 6.08 Å². The molecule has 0 spiro atoms. The minimum atomic E-state index is 0.177. The summed E-state index contributed by atoms with van der Waals surface area (Å²) in [6, 6.07) is 22.8. The van der Waals surface area contributed by atoms with E-state index < -0.39 is 0 Å². The van der Waals surface area contributed by atoms with Crippen LogP contribution in [0.1, 0.15) is 16.7 Å². The molecule has 3 aromatic carbocycles. The summed E-state index contributed by atoms with van der Waals surface area (Å²) in [4.78, 5) is 12.1. The Hall–Kier alpha value is -2.67. The number of allylic oxidation sites excluding steroid dienone is 1. The van der Waals surface area contributed by atoms with Crippen LogP contribution in [0.25, 0.3) is 16.3 Å². The molecule has 0 amide bonds. The number of ketones is 1. The van der Waals surface area contributed by atoms with Crippen LogP contribution in [0.2, 0.25) is 0 Å². The Morgan fingerprint density at radius 1 is 0.714 bits per heavy atom. The van der Waals surface area contributed by atoms with Gasteiger partial charge >= 0.3 is 0 Å².